The highest BCUT2D eigenvalue weighted by atomic mass is 16.6. The molecule has 0 aliphatic heterocycles. The molecule has 2 unspecified atom stereocenters. The summed E-state index contributed by atoms with van der Waals surface area (Å²) in [5, 5.41) is 38.1. The van der Waals surface area contributed by atoms with Gasteiger partial charge < -0.3 is 29.9 Å². The van der Waals surface area contributed by atoms with Gasteiger partial charge in [-0.1, -0.05) is 6.92 Å². The average molecular weight is 224 g/mol. The molecular weight excluding hydrogens is 204 g/mol. The molecule has 0 fully saturated rings. The lowest BCUT2D eigenvalue weighted by molar-refractivity contribution is -0.338. The molecular formula is C9H20O6. The van der Waals surface area contributed by atoms with Gasteiger partial charge in [-0.2, -0.15) is 0 Å². The molecule has 2 atom stereocenters. The van der Waals surface area contributed by atoms with E-state index in [1.165, 1.54) is 14.2 Å². The van der Waals surface area contributed by atoms with E-state index in [4.69, 9.17) is 4.74 Å². The van der Waals surface area contributed by atoms with Gasteiger partial charge in [0.25, 0.3) is 0 Å². The van der Waals surface area contributed by atoms with E-state index in [0.29, 0.717) is 0 Å². The Balaban J connectivity index is 5.23. The molecule has 0 aliphatic carbocycles. The van der Waals surface area contributed by atoms with Gasteiger partial charge in [-0.25, -0.2) is 0 Å². The van der Waals surface area contributed by atoms with Gasteiger partial charge in [-0.3, -0.25) is 0 Å². The highest BCUT2D eigenvalue weighted by Crippen LogP contribution is 2.38. The Morgan fingerprint density at radius 1 is 1.20 bits per heavy atom. The van der Waals surface area contributed by atoms with E-state index in [9.17, 15) is 20.4 Å². The zero-order chi connectivity index (χ0) is 12.1. The number of hydrogen-bond donors (Lipinski definition) is 4. The number of aliphatic hydroxyl groups is 4. The molecule has 0 aromatic carbocycles. The van der Waals surface area contributed by atoms with Crippen molar-refractivity contribution in [2.75, 3.05) is 27.4 Å². The Morgan fingerprint density at radius 2 is 1.67 bits per heavy atom. The number of ether oxygens (including phenoxy) is 2. The Morgan fingerprint density at radius 3 is 1.87 bits per heavy atom. The lowest BCUT2D eigenvalue weighted by atomic mass is 9.78. The van der Waals surface area contributed by atoms with Crippen LogP contribution in [-0.4, -0.2) is 59.9 Å². The highest BCUT2D eigenvalue weighted by molar-refractivity contribution is 4.94. The molecule has 0 rings (SSSR count). The first-order chi connectivity index (χ1) is 6.97. The second kappa shape index (κ2) is 5.74. The van der Waals surface area contributed by atoms with Crippen molar-refractivity contribution in [2.24, 2.45) is 5.41 Å². The second-order valence-electron chi connectivity index (χ2n) is 3.40. The van der Waals surface area contributed by atoms with E-state index >= 15 is 0 Å². The first-order valence-electron chi connectivity index (χ1n) is 4.68. The van der Waals surface area contributed by atoms with Crippen LogP contribution in [0.3, 0.4) is 0 Å². The molecule has 0 amide bonds. The molecule has 0 radical (unpaired) electrons. The maximum absolute atomic E-state index is 10.1. The minimum absolute atomic E-state index is 0.0883. The summed E-state index contributed by atoms with van der Waals surface area (Å²) in [5.41, 5.74) is -1.68. The first kappa shape index (κ1) is 14.8. The van der Waals surface area contributed by atoms with E-state index in [1.807, 2.05) is 0 Å². The van der Waals surface area contributed by atoms with Gasteiger partial charge in [-0.05, 0) is 6.42 Å². The van der Waals surface area contributed by atoms with Crippen LogP contribution in [0.1, 0.15) is 13.3 Å². The van der Waals surface area contributed by atoms with E-state index in [-0.39, 0.29) is 6.42 Å². The van der Waals surface area contributed by atoms with Crippen molar-refractivity contribution in [2.45, 2.75) is 25.4 Å². The van der Waals surface area contributed by atoms with Crippen LogP contribution in [0.4, 0.5) is 0 Å². The molecule has 6 heteroatoms. The third-order valence-corrected chi connectivity index (χ3v) is 2.86. The predicted molar refractivity (Wildman–Crippen MR) is 51.9 cm³/mol. The minimum Gasteiger partial charge on any atom is -0.395 e. The van der Waals surface area contributed by atoms with Gasteiger partial charge in [0.05, 0.1) is 13.2 Å². The Hall–Kier alpha value is -0.240. The largest absolute Gasteiger partial charge is 0.395 e. The topological polar surface area (TPSA) is 99.4 Å². The number of hydrogen-bond acceptors (Lipinski definition) is 6. The lowest BCUT2D eigenvalue weighted by Gasteiger charge is -2.45. The number of rotatable bonds is 7. The second-order valence-corrected chi connectivity index (χ2v) is 3.40. The molecule has 0 aromatic heterocycles. The van der Waals surface area contributed by atoms with Crippen molar-refractivity contribution in [3.05, 3.63) is 0 Å². The molecule has 4 N–H and O–H groups in total. The van der Waals surface area contributed by atoms with Crippen molar-refractivity contribution >= 4 is 0 Å². The number of aliphatic hydroxyl groups excluding tert-OH is 3. The van der Waals surface area contributed by atoms with Gasteiger partial charge in [0.1, 0.15) is 5.41 Å². The van der Waals surface area contributed by atoms with Crippen LogP contribution in [0, 0.1) is 5.41 Å². The van der Waals surface area contributed by atoms with Crippen LogP contribution in [-0.2, 0) is 9.47 Å². The van der Waals surface area contributed by atoms with E-state index < -0.39 is 30.7 Å². The summed E-state index contributed by atoms with van der Waals surface area (Å²) in [7, 11) is 2.43. The summed E-state index contributed by atoms with van der Waals surface area (Å²) in [6, 6.07) is 0. The van der Waals surface area contributed by atoms with Crippen LogP contribution in [0.25, 0.3) is 0 Å². The van der Waals surface area contributed by atoms with E-state index in [1.54, 1.807) is 6.92 Å². The third kappa shape index (κ3) is 2.30. The van der Waals surface area contributed by atoms with Gasteiger partial charge in [0.2, 0.25) is 0 Å². The molecule has 0 spiro atoms. The zero-order valence-electron chi connectivity index (χ0n) is 9.30. The van der Waals surface area contributed by atoms with Crippen LogP contribution in [0.2, 0.25) is 0 Å². The monoisotopic (exact) mass is 224 g/mol. The smallest absolute Gasteiger partial charge is 0.179 e. The Kier molecular flexibility index (Phi) is 5.65. The van der Waals surface area contributed by atoms with Crippen molar-refractivity contribution in [1.82, 2.24) is 0 Å². The summed E-state index contributed by atoms with van der Waals surface area (Å²) in [6.07, 6.45) is -1.44. The Labute approximate surface area is 89.1 Å². The quantitative estimate of drug-likeness (QED) is 0.400. The normalized spacial score (nSPS) is 18.6. The third-order valence-electron chi connectivity index (χ3n) is 2.86. The van der Waals surface area contributed by atoms with Crippen molar-refractivity contribution < 1.29 is 29.9 Å². The number of methoxy groups -OCH3 is 2. The summed E-state index contributed by atoms with van der Waals surface area (Å²) < 4.78 is 9.50. The van der Waals surface area contributed by atoms with Crippen molar-refractivity contribution in [3.63, 3.8) is 0 Å². The molecule has 0 bridgehead atoms. The lowest BCUT2D eigenvalue weighted by Crippen LogP contribution is -2.61. The predicted octanol–water partition coefficient (Wildman–Crippen LogP) is -1.33. The van der Waals surface area contributed by atoms with Crippen LogP contribution >= 0.6 is 0 Å². The van der Waals surface area contributed by atoms with Crippen LogP contribution < -0.4 is 0 Å². The van der Waals surface area contributed by atoms with Crippen molar-refractivity contribution in [3.8, 4) is 0 Å². The fourth-order valence-electron chi connectivity index (χ4n) is 1.57. The standard InChI is InChI=1S/C9H20O6/c1-4-9(13,15-3)8(5-10,6-11)7(12)14-2/h7,10-13H,4-6H2,1-3H3. The maximum Gasteiger partial charge on any atom is 0.179 e. The van der Waals surface area contributed by atoms with Gasteiger partial charge in [-0.15, -0.1) is 0 Å². The van der Waals surface area contributed by atoms with Gasteiger partial charge in [0.15, 0.2) is 12.1 Å². The van der Waals surface area contributed by atoms with Crippen LogP contribution in [0.5, 0.6) is 0 Å². The molecule has 15 heavy (non-hydrogen) atoms. The fourth-order valence-corrected chi connectivity index (χ4v) is 1.57. The minimum atomic E-state index is -1.86. The maximum atomic E-state index is 10.1. The van der Waals surface area contributed by atoms with Gasteiger partial charge in [0, 0.05) is 14.2 Å². The summed E-state index contributed by atoms with van der Waals surface area (Å²) in [5.74, 6) is -1.86. The zero-order valence-corrected chi connectivity index (χ0v) is 9.30. The SMILES string of the molecule is CCC(O)(OC)C(CO)(CO)C(O)OC. The molecule has 0 aliphatic rings. The first-order valence-corrected chi connectivity index (χ1v) is 4.68. The average Bonchev–Trinajstić information content (AvgIpc) is 2.30. The van der Waals surface area contributed by atoms with E-state index in [0.717, 1.165) is 0 Å². The highest BCUT2D eigenvalue weighted by Gasteiger charge is 2.55. The molecule has 6 nitrogen and oxygen atoms in total. The molecule has 92 valence electrons. The summed E-state index contributed by atoms with van der Waals surface area (Å²) in [6.45, 7) is 0.263. The molecule has 0 aromatic rings. The molecule has 0 saturated heterocycles. The fraction of sp³-hybridized carbons (Fsp3) is 1.00. The summed E-state index contributed by atoms with van der Waals surface area (Å²) in [4.78, 5) is 0. The van der Waals surface area contributed by atoms with E-state index in [2.05, 4.69) is 4.74 Å². The van der Waals surface area contributed by atoms with Gasteiger partial charge >= 0.3 is 0 Å². The van der Waals surface area contributed by atoms with Crippen LogP contribution in [0.15, 0.2) is 0 Å². The Bertz CT molecular complexity index is 175. The summed E-state index contributed by atoms with van der Waals surface area (Å²) >= 11 is 0. The molecule has 0 saturated carbocycles. The van der Waals surface area contributed by atoms with Crippen molar-refractivity contribution in [1.29, 1.82) is 0 Å². The molecule has 0 heterocycles.